The minimum absolute atomic E-state index is 0.0132. The highest BCUT2D eigenvalue weighted by Crippen LogP contribution is 2.31. The average Bonchev–Trinajstić information content (AvgIpc) is 3.02. The molecule has 2 aliphatic rings. The number of rotatable bonds is 3. The van der Waals surface area contributed by atoms with Gasteiger partial charge in [-0.1, -0.05) is 18.2 Å². The van der Waals surface area contributed by atoms with Gasteiger partial charge in [0, 0.05) is 30.8 Å². The Bertz CT molecular complexity index is 889. The van der Waals surface area contributed by atoms with Crippen LogP contribution in [0.15, 0.2) is 53.5 Å². The van der Waals surface area contributed by atoms with Gasteiger partial charge in [-0.15, -0.1) is 0 Å². The van der Waals surface area contributed by atoms with Gasteiger partial charge in [-0.2, -0.15) is 0 Å². The number of benzene rings is 2. The van der Waals surface area contributed by atoms with Crippen LogP contribution in [-0.4, -0.2) is 35.3 Å². The van der Waals surface area contributed by atoms with Gasteiger partial charge in [0.05, 0.1) is 5.69 Å². The van der Waals surface area contributed by atoms with Gasteiger partial charge < -0.3 is 9.64 Å². The summed E-state index contributed by atoms with van der Waals surface area (Å²) >= 11 is 0. The van der Waals surface area contributed by atoms with Crippen molar-refractivity contribution in [2.24, 2.45) is 4.99 Å². The van der Waals surface area contributed by atoms with Crippen LogP contribution in [0.2, 0.25) is 0 Å². The van der Waals surface area contributed by atoms with Crippen molar-refractivity contribution < 1.29 is 14.3 Å². The number of amidine groups is 1. The number of Topliss-reactive ketones (excluding diaryl/α,β-unsaturated/α-hetero) is 1. The molecule has 132 valence electrons. The fourth-order valence-corrected chi connectivity index (χ4v) is 3.28. The first kappa shape index (κ1) is 16.3. The molecule has 1 saturated heterocycles. The highest BCUT2D eigenvalue weighted by molar-refractivity contribution is 5.96. The molecule has 1 fully saturated rings. The maximum atomic E-state index is 12.2. The molecule has 1 amide bonds. The molecule has 2 aromatic carbocycles. The Morgan fingerprint density at radius 1 is 1.15 bits per heavy atom. The highest BCUT2D eigenvalue weighted by atomic mass is 16.6. The number of carbonyl (C=O) groups is 2. The zero-order valence-corrected chi connectivity index (χ0v) is 14.4. The molecular formula is C20H19N3O3. The quantitative estimate of drug-likeness (QED) is 0.857. The van der Waals surface area contributed by atoms with Gasteiger partial charge in [0.15, 0.2) is 11.9 Å². The first-order valence-corrected chi connectivity index (χ1v) is 8.60. The summed E-state index contributed by atoms with van der Waals surface area (Å²) in [4.78, 5) is 30.4. The van der Waals surface area contributed by atoms with E-state index in [4.69, 9.17) is 4.74 Å². The van der Waals surface area contributed by atoms with Gasteiger partial charge in [0.1, 0.15) is 5.84 Å². The van der Waals surface area contributed by atoms with Gasteiger partial charge in [0.25, 0.3) is 0 Å². The number of hydrogen-bond donors (Lipinski definition) is 1. The normalized spacial score (nSPS) is 17.8. The van der Waals surface area contributed by atoms with Gasteiger partial charge in [-0.3, -0.25) is 10.1 Å². The summed E-state index contributed by atoms with van der Waals surface area (Å²) in [6.07, 6.45) is -0.141. The zero-order chi connectivity index (χ0) is 18.1. The summed E-state index contributed by atoms with van der Waals surface area (Å²) in [6, 6.07) is 14.7. The monoisotopic (exact) mass is 349 g/mol. The largest absolute Gasteiger partial charge is 0.438 e. The molecule has 26 heavy (non-hydrogen) atoms. The van der Waals surface area contributed by atoms with Crippen molar-refractivity contribution in [1.29, 1.82) is 0 Å². The Kier molecular flexibility index (Phi) is 4.16. The van der Waals surface area contributed by atoms with Crippen LogP contribution < -0.4 is 5.32 Å². The Balaban J connectivity index is 1.43. The van der Waals surface area contributed by atoms with Crippen molar-refractivity contribution in [2.75, 3.05) is 11.9 Å². The van der Waals surface area contributed by atoms with E-state index in [1.807, 2.05) is 18.2 Å². The van der Waals surface area contributed by atoms with E-state index >= 15 is 0 Å². The number of anilines is 1. The smallest absolute Gasteiger partial charge is 0.412 e. The van der Waals surface area contributed by atoms with Crippen molar-refractivity contribution in [3.63, 3.8) is 0 Å². The number of amides is 1. The molecule has 0 radical (unpaired) electrons. The predicted molar refractivity (Wildman–Crippen MR) is 98.9 cm³/mol. The molecule has 6 heteroatoms. The molecule has 2 aliphatic heterocycles. The lowest BCUT2D eigenvalue weighted by Gasteiger charge is -2.26. The summed E-state index contributed by atoms with van der Waals surface area (Å²) in [5, 5.41) is 2.70. The van der Waals surface area contributed by atoms with Crippen LogP contribution in [0.5, 0.6) is 0 Å². The van der Waals surface area contributed by atoms with E-state index in [0.29, 0.717) is 11.3 Å². The van der Waals surface area contributed by atoms with E-state index in [0.717, 1.165) is 31.0 Å². The molecule has 1 atom stereocenters. The van der Waals surface area contributed by atoms with Crippen molar-refractivity contribution in [1.82, 2.24) is 4.90 Å². The summed E-state index contributed by atoms with van der Waals surface area (Å²) in [5.41, 5.74) is 3.32. The summed E-state index contributed by atoms with van der Waals surface area (Å²) < 4.78 is 5.59. The number of nitrogens with one attached hydrogen (secondary N) is 1. The molecule has 0 aromatic heterocycles. The molecule has 0 saturated carbocycles. The molecule has 0 unspecified atom stereocenters. The molecular weight excluding hydrogens is 330 g/mol. The van der Waals surface area contributed by atoms with E-state index in [-0.39, 0.29) is 11.9 Å². The Morgan fingerprint density at radius 3 is 2.69 bits per heavy atom. The number of para-hydroxylation sites is 1. The van der Waals surface area contributed by atoms with Gasteiger partial charge in [0.2, 0.25) is 0 Å². The van der Waals surface area contributed by atoms with Crippen LogP contribution in [-0.2, 0) is 11.3 Å². The molecule has 6 nitrogen and oxygen atoms in total. The molecule has 0 bridgehead atoms. The number of ether oxygens (including phenoxy) is 1. The van der Waals surface area contributed by atoms with E-state index < -0.39 is 6.09 Å². The van der Waals surface area contributed by atoms with E-state index in [2.05, 4.69) is 21.3 Å². The maximum absolute atomic E-state index is 12.2. The van der Waals surface area contributed by atoms with E-state index in [1.165, 1.54) is 12.5 Å². The maximum Gasteiger partial charge on any atom is 0.412 e. The number of fused-ring (bicyclic) bond motifs is 2. The van der Waals surface area contributed by atoms with Crippen LogP contribution in [0.25, 0.3) is 0 Å². The fourth-order valence-electron chi connectivity index (χ4n) is 3.28. The lowest BCUT2D eigenvalue weighted by Crippen LogP contribution is -2.34. The second-order valence-electron chi connectivity index (χ2n) is 6.46. The second kappa shape index (κ2) is 6.63. The van der Waals surface area contributed by atoms with Crippen molar-refractivity contribution in [2.45, 2.75) is 26.0 Å². The first-order valence-electron chi connectivity index (χ1n) is 8.60. The Morgan fingerprint density at radius 2 is 1.92 bits per heavy atom. The molecule has 4 rings (SSSR count). The third kappa shape index (κ3) is 3.18. The van der Waals surface area contributed by atoms with Crippen molar-refractivity contribution in [3.8, 4) is 0 Å². The summed E-state index contributed by atoms with van der Waals surface area (Å²) in [6.45, 7) is 3.12. The third-order valence-corrected chi connectivity index (χ3v) is 4.65. The van der Waals surface area contributed by atoms with Gasteiger partial charge >= 0.3 is 6.09 Å². The molecule has 0 aliphatic carbocycles. The number of carbonyl (C=O) groups excluding carboxylic acids is 2. The molecule has 2 aromatic rings. The van der Waals surface area contributed by atoms with Crippen LogP contribution in [0.3, 0.4) is 0 Å². The molecule has 2 heterocycles. The Labute approximate surface area is 151 Å². The lowest BCUT2D eigenvalue weighted by molar-refractivity contribution is 0.101. The highest BCUT2D eigenvalue weighted by Gasteiger charge is 2.35. The van der Waals surface area contributed by atoms with Crippen molar-refractivity contribution in [3.05, 3.63) is 59.7 Å². The van der Waals surface area contributed by atoms with E-state index in [1.54, 1.807) is 24.3 Å². The van der Waals surface area contributed by atoms with Crippen LogP contribution in [0.1, 0.15) is 29.3 Å². The molecule has 1 N–H and O–H groups in total. The number of hydrogen-bond acceptors (Lipinski definition) is 5. The lowest BCUT2D eigenvalue weighted by atomic mass is 10.1. The minimum Gasteiger partial charge on any atom is -0.438 e. The molecule has 0 spiro atoms. The SMILES string of the molecule is CC(=O)c1ccc(NC(=O)O[C@H]2CCN3Cc4ccccc4N=C23)cc1. The van der Waals surface area contributed by atoms with Crippen LogP contribution in [0, 0.1) is 0 Å². The second-order valence-corrected chi connectivity index (χ2v) is 6.46. The number of aliphatic imine (C=N–C) groups is 1. The minimum atomic E-state index is -0.519. The van der Waals surface area contributed by atoms with Crippen LogP contribution in [0.4, 0.5) is 16.2 Å². The predicted octanol–water partition coefficient (Wildman–Crippen LogP) is 3.76. The van der Waals surface area contributed by atoms with Crippen molar-refractivity contribution >= 4 is 29.1 Å². The topological polar surface area (TPSA) is 71.0 Å². The summed E-state index contributed by atoms with van der Waals surface area (Å²) in [7, 11) is 0. The third-order valence-electron chi connectivity index (χ3n) is 4.65. The van der Waals surface area contributed by atoms with Crippen LogP contribution >= 0.6 is 0 Å². The van der Waals surface area contributed by atoms with E-state index in [9.17, 15) is 9.59 Å². The van der Waals surface area contributed by atoms with Gasteiger partial charge in [-0.05, 0) is 42.8 Å². The fraction of sp³-hybridized carbons (Fsp3) is 0.250. The zero-order valence-electron chi connectivity index (χ0n) is 14.4. The summed E-state index contributed by atoms with van der Waals surface area (Å²) in [5.74, 6) is 0.798. The first-order chi connectivity index (χ1) is 12.6. The van der Waals surface area contributed by atoms with Gasteiger partial charge in [-0.25, -0.2) is 9.79 Å². The standard InChI is InChI=1S/C20H19N3O3/c1-13(24)14-6-8-16(9-7-14)21-20(25)26-18-10-11-23-12-15-4-2-3-5-17(15)22-19(18)23/h2-9,18H,10-12H2,1H3,(H,21,25)/t18-/m0/s1. The average molecular weight is 349 g/mol. The number of ketones is 1. The Hall–Kier alpha value is -3.15. The number of nitrogens with zero attached hydrogens (tertiary/aromatic N) is 2.